The number of carboxylic acid groups (broad SMARTS) is 1. The van der Waals surface area contributed by atoms with Crippen molar-refractivity contribution >= 4 is 5.97 Å². The van der Waals surface area contributed by atoms with Gasteiger partial charge in [-0.25, -0.2) is 4.79 Å². The maximum atomic E-state index is 10.4. The fourth-order valence-electron chi connectivity index (χ4n) is 1.17. The van der Waals surface area contributed by atoms with Crippen molar-refractivity contribution in [3.8, 4) is 0 Å². The van der Waals surface area contributed by atoms with Crippen LogP contribution < -0.4 is 0 Å². The topological polar surface area (TPSA) is 98.0 Å². The number of aliphatic hydroxyl groups excluding tert-OH is 3. The summed E-state index contributed by atoms with van der Waals surface area (Å²) in [5.41, 5.74) is -0.823. The zero-order valence-electron chi connectivity index (χ0n) is 8.65. The number of hydrogen-bond donors (Lipinski definition) is 4. The summed E-state index contributed by atoms with van der Waals surface area (Å²) in [7, 11) is 0. The second kappa shape index (κ2) is 6.55. The van der Waals surface area contributed by atoms with Gasteiger partial charge in [-0.05, 0) is 19.3 Å². The van der Waals surface area contributed by atoms with Crippen molar-refractivity contribution in [1.82, 2.24) is 0 Å². The predicted molar refractivity (Wildman–Crippen MR) is 54.3 cm³/mol. The molecule has 0 amide bonds. The van der Waals surface area contributed by atoms with Gasteiger partial charge in [-0.3, -0.25) is 0 Å². The maximum absolute atomic E-state index is 10.4. The van der Waals surface area contributed by atoms with E-state index in [9.17, 15) is 4.79 Å². The predicted octanol–water partition coefficient (Wildman–Crippen LogP) is -0.239. The monoisotopic (exact) mass is 218 g/mol. The number of hydrogen-bond acceptors (Lipinski definition) is 4. The molecule has 0 aromatic carbocycles. The number of rotatable bonds is 8. The average Bonchev–Trinajstić information content (AvgIpc) is 2.24. The fraction of sp³-hybridized carbons (Fsp3) is 0.700. The summed E-state index contributed by atoms with van der Waals surface area (Å²) in [4.78, 5) is 10.4. The quantitative estimate of drug-likeness (QED) is 0.421. The molecule has 0 spiro atoms. The van der Waals surface area contributed by atoms with E-state index in [2.05, 4.69) is 6.58 Å². The van der Waals surface area contributed by atoms with Gasteiger partial charge in [-0.2, -0.15) is 0 Å². The van der Waals surface area contributed by atoms with Crippen molar-refractivity contribution in [2.45, 2.75) is 19.3 Å². The lowest BCUT2D eigenvalue weighted by molar-refractivity contribution is -0.132. The first-order chi connectivity index (χ1) is 7.01. The summed E-state index contributed by atoms with van der Waals surface area (Å²) in [5, 5.41) is 35.5. The maximum Gasteiger partial charge on any atom is 0.330 e. The normalized spacial score (nSPS) is 11.4. The van der Waals surface area contributed by atoms with Crippen LogP contribution in [0.3, 0.4) is 0 Å². The summed E-state index contributed by atoms with van der Waals surface area (Å²) >= 11 is 0. The van der Waals surface area contributed by atoms with Crippen LogP contribution >= 0.6 is 0 Å². The highest BCUT2D eigenvalue weighted by atomic mass is 16.4. The molecule has 0 radical (unpaired) electrons. The lowest BCUT2D eigenvalue weighted by atomic mass is 9.85. The molecule has 0 rings (SSSR count). The van der Waals surface area contributed by atoms with Gasteiger partial charge in [-0.15, -0.1) is 0 Å². The Morgan fingerprint density at radius 1 is 1.13 bits per heavy atom. The zero-order chi connectivity index (χ0) is 11.9. The van der Waals surface area contributed by atoms with E-state index in [-0.39, 0.29) is 31.8 Å². The minimum absolute atomic E-state index is 0.0951. The van der Waals surface area contributed by atoms with E-state index in [4.69, 9.17) is 20.4 Å². The van der Waals surface area contributed by atoms with Crippen LogP contribution in [0.1, 0.15) is 19.3 Å². The Hall–Kier alpha value is -0.910. The lowest BCUT2D eigenvalue weighted by Gasteiger charge is -2.27. The highest BCUT2D eigenvalue weighted by molar-refractivity contribution is 5.85. The molecule has 0 aromatic heterocycles. The Labute approximate surface area is 88.7 Å². The van der Waals surface area contributed by atoms with Gasteiger partial charge >= 0.3 is 5.97 Å². The first-order valence-corrected chi connectivity index (χ1v) is 4.75. The molecule has 0 bridgehead atoms. The van der Waals surface area contributed by atoms with Crippen LogP contribution in [0.25, 0.3) is 0 Å². The smallest absolute Gasteiger partial charge is 0.330 e. The SMILES string of the molecule is C=C(CCCC(CO)(CO)CO)C(=O)O. The Kier molecular flexibility index (Phi) is 6.15. The third-order valence-corrected chi connectivity index (χ3v) is 2.49. The molecular formula is C10H18O5. The van der Waals surface area contributed by atoms with Gasteiger partial charge in [0.2, 0.25) is 0 Å². The number of aliphatic carboxylic acids is 1. The van der Waals surface area contributed by atoms with Crippen LogP contribution in [0.15, 0.2) is 12.2 Å². The molecule has 0 aliphatic rings. The molecule has 0 saturated heterocycles. The van der Waals surface area contributed by atoms with Crippen molar-refractivity contribution in [2.24, 2.45) is 5.41 Å². The summed E-state index contributed by atoms with van der Waals surface area (Å²) in [6.45, 7) is 2.40. The first-order valence-electron chi connectivity index (χ1n) is 4.75. The highest BCUT2D eigenvalue weighted by Crippen LogP contribution is 2.23. The van der Waals surface area contributed by atoms with Gasteiger partial charge in [0.1, 0.15) is 0 Å². The number of carboxylic acids is 1. The van der Waals surface area contributed by atoms with Crippen LogP contribution in [0.5, 0.6) is 0 Å². The third-order valence-electron chi connectivity index (χ3n) is 2.49. The van der Waals surface area contributed by atoms with Gasteiger partial charge in [-0.1, -0.05) is 6.58 Å². The van der Waals surface area contributed by atoms with E-state index in [0.717, 1.165) is 0 Å². The van der Waals surface area contributed by atoms with E-state index in [0.29, 0.717) is 12.8 Å². The molecule has 0 aliphatic carbocycles. The Balaban J connectivity index is 4.02. The molecule has 0 aliphatic heterocycles. The molecule has 5 nitrogen and oxygen atoms in total. The van der Waals surface area contributed by atoms with Crippen LogP contribution in [0.2, 0.25) is 0 Å². The molecule has 0 heterocycles. The van der Waals surface area contributed by atoms with Crippen molar-refractivity contribution in [2.75, 3.05) is 19.8 Å². The zero-order valence-corrected chi connectivity index (χ0v) is 8.65. The molecular weight excluding hydrogens is 200 g/mol. The number of aliphatic hydroxyl groups is 3. The van der Waals surface area contributed by atoms with E-state index in [1.807, 2.05) is 0 Å². The minimum Gasteiger partial charge on any atom is -0.478 e. The van der Waals surface area contributed by atoms with E-state index >= 15 is 0 Å². The average molecular weight is 218 g/mol. The number of carbonyl (C=O) groups is 1. The second-order valence-electron chi connectivity index (χ2n) is 3.74. The van der Waals surface area contributed by atoms with Crippen LogP contribution in [0.4, 0.5) is 0 Å². The van der Waals surface area contributed by atoms with Crippen molar-refractivity contribution in [3.63, 3.8) is 0 Å². The summed E-state index contributed by atoms with van der Waals surface area (Å²) in [6.07, 6.45) is 1.12. The van der Waals surface area contributed by atoms with E-state index in [1.54, 1.807) is 0 Å². The molecule has 88 valence electrons. The summed E-state index contributed by atoms with van der Waals surface area (Å²) < 4.78 is 0. The van der Waals surface area contributed by atoms with Gasteiger partial charge in [0.25, 0.3) is 0 Å². The summed E-state index contributed by atoms with van der Waals surface area (Å²) in [5.74, 6) is -1.04. The summed E-state index contributed by atoms with van der Waals surface area (Å²) in [6, 6.07) is 0. The molecule has 0 aromatic rings. The van der Waals surface area contributed by atoms with Gasteiger partial charge < -0.3 is 20.4 Å². The van der Waals surface area contributed by atoms with E-state index in [1.165, 1.54) is 0 Å². The molecule has 4 N–H and O–H groups in total. The standard InChI is InChI=1S/C10H18O5/c1-8(9(14)15)3-2-4-10(5-11,6-12)7-13/h11-13H,1-7H2,(H,14,15). The molecule has 0 fully saturated rings. The van der Waals surface area contributed by atoms with Crippen LogP contribution in [-0.2, 0) is 4.79 Å². The van der Waals surface area contributed by atoms with E-state index < -0.39 is 11.4 Å². The fourth-order valence-corrected chi connectivity index (χ4v) is 1.17. The van der Waals surface area contributed by atoms with Crippen molar-refractivity contribution in [1.29, 1.82) is 0 Å². The molecule has 15 heavy (non-hydrogen) atoms. The highest BCUT2D eigenvalue weighted by Gasteiger charge is 2.27. The Bertz CT molecular complexity index is 212. The molecule has 0 saturated carbocycles. The third kappa shape index (κ3) is 4.42. The molecule has 0 unspecified atom stereocenters. The van der Waals surface area contributed by atoms with Crippen molar-refractivity contribution < 1.29 is 25.2 Å². The first kappa shape index (κ1) is 14.1. The van der Waals surface area contributed by atoms with Gasteiger partial charge in [0, 0.05) is 11.0 Å². The Morgan fingerprint density at radius 2 is 1.60 bits per heavy atom. The molecule has 0 atom stereocenters. The lowest BCUT2D eigenvalue weighted by Crippen LogP contribution is -2.33. The van der Waals surface area contributed by atoms with Gasteiger partial charge in [0.15, 0.2) is 0 Å². The second-order valence-corrected chi connectivity index (χ2v) is 3.74. The van der Waals surface area contributed by atoms with Crippen molar-refractivity contribution in [3.05, 3.63) is 12.2 Å². The van der Waals surface area contributed by atoms with Gasteiger partial charge in [0.05, 0.1) is 19.8 Å². The Morgan fingerprint density at radius 3 is 1.93 bits per heavy atom. The largest absolute Gasteiger partial charge is 0.478 e. The van der Waals surface area contributed by atoms with Crippen LogP contribution in [0, 0.1) is 5.41 Å². The minimum atomic E-state index is -1.04. The van der Waals surface area contributed by atoms with Crippen LogP contribution in [-0.4, -0.2) is 46.2 Å². The molecule has 5 heteroatoms.